The highest BCUT2D eigenvalue weighted by molar-refractivity contribution is 6.25. The zero-order valence-electron chi connectivity index (χ0n) is 20.9. The summed E-state index contributed by atoms with van der Waals surface area (Å²) in [4.78, 5) is 40.9. The Morgan fingerprint density at radius 2 is 1.60 bits per heavy atom. The van der Waals surface area contributed by atoms with E-state index >= 15 is 0 Å². The Balaban J connectivity index is 1.24. The van der Waals surface area contributed by atoms with Gasteiger partial charge in [-0.05, 0) is 47.5 Å². The van der Waals surface area contributed by atoms with Crippen molar-refractivity contribution < 1.29 is 27.9 Å². The Bertz CT molecular complexity index is 1500. The molecule has 3 amide bonds. The van der Waals surface area contributed by atoms with Crippen molar-refractivity contribution in [2.45, 2.75) is 31.2 Å². The Hall–Kier alpha value is -5.00. The molecule has 1 fully saturated rings. The second kappa shape index (κ2) is 10.3. The highest BCUT2D eigenvalue weighted by Crippen LogP contribution is 2.35. The Labute approximate surface area is 227 Å². The van der Waals surface area contributed by atoms with Crippen molar-refractivity contribution in [3.63, 3.8) is 0 Å². The smallest absolute Gasteiger partial charge is 0.387 e. The van der Waals surface area contributed by atoms with Crippen molar-refractivity contribution in [3.8, 4) is 5.75 Å². The summed E-state index contributed by atoms with van der Waals surface area (Å²) < 4.78 is 29.5. The second-order valence-electron chi connectivity index (χ2n) is 9.36. The minimum Gasteiger partial charge on any atom is -0.435 e. The van der Waals surface area contributed by atoms with Gasteiger partial charge in [-0.2, -0.15) is 19.0 Å². The van der Waals surface area contributed by atoms with Crippen LogP contribution in [0, 0.1) is 0 Å². The molecule has 0 aromatic heterocycles. The summed E-state index contributed by atoms with van der Waals surface area (Å²) in [6.07, 6.45) is 0.373. The molecule has 0 aliphatic carbocycles. The molecule has 3 aliphatic heterocycles. The van der Waals surface area contributed by atoms with Crippen LogP contribution in [0.3, 0.4) is 0 Å². The van der Waals surface area contributed by atoms with Crippen molar-refractivity contribution in [1.82, 2.24) is 10.0 Å². The van der Waals surface area contributed by atoms with E-state index in [9.17, 15) is 23.2 Å². The number of para-hydroxylation sites is 1. The molecule has 3 heterocycles. The minimum absolute atomic E-state index is 0.0131. The molecule has 12 heteroatoms. The molecule has 3 aromatic rings. The molecule has 3 atom stereocenters. The van der Waals surface area contributed by atoms with Gasteiger partial charge in [-0.25, -0.2) is 9.91 Å². The van der Waals surface area contributed by atoms with Crippen molar-refractivity contribution in [2.75, 3.05) is 11.4 Å². The summed E-state index contributed by atoms with van der Waals surface area (Å²) in [6.45, 7) is -3.26. The molecule has 0 N–H and O–H groups in total. The van der Waals surface area contributed by atoms with Crippen molar-refractivity contribution in [1.29, 1.82) is 0 Å². The van der Waals surface area contributed by atoms with Gasteiger partial charge in [-0.3, -0.25) is 19.4 Å². The van der Waals surface area contributed by atoms with Crippen molar-refractivity contribution in [3.05, 3.63) is 96.1 Å². The first kappa shape index (κ1) is 25.3. The van der Waals surface area contributed by atoms with Gasteiger partial charge in [0.1, 0.15) is 12.3 Å². The summed E-state index contributed by atoms with van der Waals surface area (Å²) in [6, 6.07) is 21.4. The molecule has 0 saturated carbocycles. The molecule has 0 unspecified atom stereocenters. The highest BCUT2D eigenvalue weighted by Gasteiger charge is 2.55. The number of hydrazone groups is 1. The number of ether oxygens (including phenoxy) is 1. The van der Waals surface area contributed by atoms with Crippen LogP contribution in [0.5, 0.6) is 5.75 Å². The predicted octanol–water partition coefficient (Wildman–Crippen LogP) is 3.96. The quantitative estimate of drug-likeness (QED) is 0.419. The lowest BCUT2D eigenvalue weighted by molar-refractivity contribution is -0.135. The number of amides is 3. The number of anilines is 1. The lowest BCUT2D eigenvalue weighted by Crippen LogP contribution is -2.44. The van der Waals surface area contributed by atoms with Crippen LogP contribution in [-0.2, 0) is 14.4 Å². The molecule has 1 saturated heterocycles. The number of nitrogens with zero attached hydrogens (tertiary/aromatic N) is 6. The van der Waals surface area contributed by atoms with Crippen LogP contribution in [0.2, 0.25) is 0 Å². The number of imide groups is 1. The summed E-state index contributed by atoms with van der Waals surface area (Å²) in [5.41, 5.74) is 2.50. The topological polar surface area (TPSA) is 107 Å². The van der Waals surface area contributed by atoms with E-state index < -0.39 is 42.5 Å². The minimum atomic E-state index is -2.94. The lowest BCUT2D eigenvalue weighted by Gasteiger charge is -2.25. The molecular weight excluding hydrogens is 522 g/mol. The van der Waals surface area contributed by atoms with Crippen LogP contribution in [-0.4, -0.2) is 58.7 Å². The number of halogens is 2. The molecule has 3 aromatic carbocycles. The third-order valence-corrected chi connectivity index (χ3v) is 6.93. The van der Waals surface area contributed by atoms with Crippen LogP contribution >= 0.6 is 0 Å². The van der Waals surface area contributed by atoms with E-state index in [0.29, 0.717) is 23.4 Å². The van der Waals surface area contributed by atoms with Gasteiger partial charge >= 0.3 is 6.61 Å². The number of benzene rings is 3. The zero-order chi connectivity index (χ0) is 27.8. The summed E-state index contributed by atoms with van der Waals surface area (Å²) in [7, 11) is 0. The summed E-state index contributed by atoms with van der Waals surface area (Å²) >= 11 is 0. The van der Waals surface area contributed by atoms with E-state index in [1.807, 2.05) is 30.3 Å². The number of rotatable bonds is 7. The van der Waals surface area contributed by atoms with Gasteiger partial charge in [0.05, 0.1) is 17.4 Å². The van der Waals surface area contributed by atoms with Crippen LogP contribution in [0.15, 0.2) is 100 Å². The van der Waals surface area contributed by atoms with E-state index in [2.05, 4.69) is 20.2 Å². The molecule has 3 aliphatic rings. The molecule has 202 valence electrons. The number of carbonyl (C=O) groups excluding carboxylic acids is 3. The van der Waals surface area contributed by atoms with Gasteiger partial charge in [0.25, 0.3) is 17.7 Å². The standard InChI is InChI=1S/C28H22F2N6O4/c29-28(30)40-20-13-11-17(12-14-20)21-15-22(18-7-3-1-4-8-18)36(32-21)23(37)16-34-25-24(31-33-34)26(38)35(27(25)39)19-9-5-2-6-10-19/h1-14,22,24-25,28H,15-16H2/t22-,24+,25+/m0/s1. The van der Waals surface area contributed by atoms with E-state index in [1.54, 1.807) is 42.5 Å². The molecule has 0 bridgehead atoms. The molecular formula is C28H22F2N6O4. The third kappa shape index (κ3) is 4.57. The van der Waals surface area contributed by atoms with E-state index in [0.717, 1.165) is 10.5 Å². The Morgan fingerprint density at radius 3 is 2.27 bits per heavy atom. The van der Waals surface area contributed by atoms with Crippen molar-refractivity contribution >= 4 is 29.1 Å². The van der Waals surface area contributed by atoms with Gasteiger partial charge in [0.2, 0.25) is 0 Å². The van der Waals surface area contributed by atoms with E-state index in [4.69, 9.17) is 0 Å². The van der Waals surface area contributed by atoms with Crippen molar-refractivity contribution in [2.24, 2.45) is 15.4 Å². The van der Waals surface area contributed by atoms with Crippen LogP contribution in [0.1, 0.15) is 23.6 Å². The highest BCUT2D eigenvalue weighted by atomic mass is 19.3. The summed E-state index contributed by atoms with van der Waals surface area (Å²) in [5, 5.41) is 15.1. The van der Waals surface area contributed by atoms with Gasteiger partial charge in [0.15, 0.2) is 12.1 Å². The van der Waals surface area contributed by atoms with Crippen LogP contribution in [0.25, 0.3) is 0 Å². The number of carbonyl (C=O) groups is 3. The largest absolute Gasteiger partial charge is 0.435 e. The van der Waals surface area contributed by atoms with E-state index in [-0.39, 0.29) is 12.3 Å². The molecule has 0 spiro atoms. The summed E-state index contributed by atoms with van der Waals surface area (Å²) in [5.74, 6) is -1.43. The fourth-order valence-electron chi connectivity index (χ4n) is 5.07. The first-order valence-electron chi connectivity index (χ1n) is 12.5. The van der Waals surface area contributed by atoms with Gasteiger partial charge in [-0.1, -0.05) is 53.8 Å². The molecule has 10 nitrogen and oxygen atoms in total. The maximum atomic E-state index is 13.6. The maximum absolute atomic E-state index is 13.6. The third-order valence-electron chi connectivity index (χ3n) is 6.93. The number of fused-ring (bicyclic) bond motifs is 1. The first-order valence-corrected chi connectivity index (χ1v) is 12.5. The first-order chi connectivity index (χ1) is 19.4. The zero-order valence-corrected chi connectivity index (χ0v) is 20.9. The number of hydrogen-bond donors (Lipinski definition) is 0. The van der Waals surface area contributed by atoms with Gasteiger partial charge in [0, 0.05) is 6.42 Å². The Kier molecular flexibility index (Phi) is 6.50. The number of alkyl halides is 2. The fourth-order valence-corrected chi connectivity index (χ4v) is 5.07. The molecule has 0 radical (unpaired) electrons. The normalized spacial score (nSPS) is 21.8. The van der Waals surface area contributed by atoms with Crippen LogP contribution < -0.4 is 9.64 Å². The van der Waals surface area contributed by atoms with E-state index in [1.165, 1.54) is 22.2 Å². The maximum Gasteiger partial charge on any atom is 0.387 e. The van der Waals surface area contributed by atoms with Gasteiger partial charge < -0.3 is 4.74 Å². The Morgan fingerprint density at radius 1 is 0.925 bits per heavy atom. The van der Waals surface area contributed by atoms with Crippen LogP contribution in [0.4, 0.5) is 14.5 Å². The average Bonchev–Trinajstić information content (AvgIpc) is 3.65. The second-order valence-corrected chi connectivity index (χ2v) is 9.36. The SMILES string of the molecule is O=C1[C@@H]2N=NN(CC(=O)N3N=C(c4ccc(OC(F)F)cc4)C[C@H]3c3ccccc3)[C@H]2C(=O)N1c1ccccc1. The monoisotopic (exact) mass is 544 g/mol. The predicted molar refractivity (Wildman–Crippen MR) is 138 cm³/mol. The number of hydrogen-bond acceptors (Lipinski definition) is 8. The fraction of sp³-hybridized carbons (Fsp3) is 0.214. The molecule has 40 heavy (non-hydrogen) atoms. The van der Waals surface area contributed by atoms with Gasteiger partial charge in [-0.15, -0.1) is 0 Å². The lowest BCUT2D eigenvalue weighted by atomic mass is 9.98. The average molecular weight is 545 g/mol. The molecule has 6 rings (SSSR count).